The molecule has 6 nitrogen and oxygen atoms in total. The number of nitrogens with zero attached hydrogens (tertiary/aromatic N) is 2. The van der Waals surface area contributed by atoms with Gasteiger partial charge in [-0.05, 0) is 49.1 Å². The Morgan fingerprint density at radius 1 is 1.08 bits per heavy atom. The molecule has 0 atom stereocenters. The molecule has 0 unspecified atom stereocenters. The number of benzene rings is 1. The molecule has 0 aliphatic rings. The molecule has 3 N–H and O–H groups in total. The molecule has 0 saturated carbocycles. The van der Waals surface area contributed by atoms with Gasteiger partial charge in [0.25, 0.3) is 0 Å². The van der Waals surface area contributed by atoms with Gasteiger partial charge in [0.2, 0.25) is 0 Å². The van der Waals surface area contributed by atoms with Gasteiger partial charge in [0.15, 0.2) is 17.5 Å². The topological polar surface area (TPSA) is 81.8 Å². The van der Waals surface area contributed by atoms with Crippen molar-refractivity contribution >= 4 is 5.96 Å². The second kappa shape index (κ2) is 9.52. The highest BCUT2D eigenvalue weighted by molar-refractivity contribution is 5.77. The van der Waals surface area contributed by atoms with E-state index in [4.69, 9.17) is 15.2 Å². The normalized spacial score (nSPS) is 11.2. The molecule has 0 aliphatic heterocycles. The Hall–Kier alpha value is -2.76. The number of methoxy groups -OCH3 is 2. The Balaban J connectivity index is 1.76. The van der Waals surface area contributed by atoms with Crippen LogP contribution in [0.25, 0.3) is 0 Å². The molecular formula is C19H26N4O2. The van der Waals surface area contributed by atoms with Gasteiger partial charge in [-0.2, -0.15) is 0 Å². The fourth-order valence-corrected chi connectivity index (χ4v) is 2.38. The average Bonchev–Trinajstić information content (AvgIpc) is 2.63. The molecule has 0 saturated heterocycles. The fourth-order valence-electron chi connectivity index (χ4n) is 2.38. The van der Waals surface area contributed by atoms with E-state index < -0.39 is 0 Å². The number of ether oxygens (including phenoxy) is 2. The van der Waals surface area contributed by atoms with E-state index in [1.54, 1.807) is 14.2 Å². The largest absolute Gasteiger partial charge is 0.493 e. The van der Waals surface area contributed by atoms with Crippen LogP contribution in [0.4, 0.5) is 0 Å². The van der Waals surface area contributed by atoms with Crippen molar-refractivity contribution in [2.24, 2.45) is 10.7 Å². The van der Waals surface area contributed by atoms with E-state index >= 15 is 0 Å². The molecule has 0 amide bonds. The first-order valence-corrected chi connectivity index (χ1v) is 8.28. The molecule has 0 spiro atoms. The summed E-state index contributed by atoms with van der Waals surface area (Å²) in [5, 5.41) is 3.13. The van der Waals surface area contributed by atoms with Crippen LogP contribution in [-0.2, 0) is 12.8 Å². The minimum atomic E-state index is 0.459. The third kappa shape index (κ3) is 5.99. The van der Waals surface area contributed by atoms with Crippen molar-refractivity contribution < 1.29 is 9.47 Å². The Kier molecular flexibility index (Phi) is 7.07. The van der Waals surface area contributed by atoms with Crippen LogP contribution in [0.2, 0.25) is 0 Å². The van der Waals surface area contributed by atoms with E-state index in [2.05, 4.69) is 21.4 Å². The quantitative estimate of drug-likeness (QED) is 0.567. The van der Waals surface area contributed by atoms with Gasteiger partial charge in [-0.3, -0.25) is 9.98 Å². The molecule has 25 heavy (non-hydrogen) atoms. The minimum Gasteiger partial charge on any atom is -0.493 e. The Morgan fingerprint density at radius 2 is 1.84 bits per heavy atom. The van der Waals surface area contributed by atoms with Crippen molar-refractivity contribution in [1.29, 1.82) is 0 Å². The second-order valence-corrected chi connectivity index (χ2v) is 5.69. The second-order valence-electron chi connectivity index (χ2n) is 5.69. The third-order valence-electron chi connectivity index (χ3n) is 3.82. The number of hydrogen-bond donors (Lipinski definition) is 2. The molecule has 1 aromatic carbocycles. The van der Waals surface area contributed by atoms with Crippen LogP contribution in [0.5, 0.6) is 11.5 Å². The monoisotopic (exact) mass is 342 g/mol. The van der Waals surface area contributed by atoms with Crippen LogP contribution in [0, 0.1) is 6.92 Å². The highest BCUT2D eigenvalue weighted by Gasteiger charge is 2.04. The minimum absolute atomic E-state index is 0.459. The molecule has 6 heteroatoms. The van der Waals surface area contributed by atoms with Gasteiger partial charge in [0.05, 0.1) is 14.2 Å². The summed E-state index contributed by atoms with van der Waals surface area (Å²) in [6, 6.07) is 9.95. The zero-order valence-corrected chi connectivity index (χ0v) is 15.1. The summed E-state index contributed by atoms with van der Waals surface area (Å²) in [7, 11) is 3.26. The molecule has 2 aromatic rings. The fraction of sp³-hybridized carbons (Fsp3) is 0.368. The summed E-state index contributed by atoms with van der Waals surface area (Å²) in [6.07, 6.45) is 3.53. The highest BCUT2D eigenvalue weighted by atomic mass is 16.5. The van der Waals surface area contributed by atoms with Crippen LogP contribution >= 0.6 is 0 Å². The number of aliphatic imine (C=N–C) groups is 1. The van der Waals surface area contributed by atoms with Crippen molar-refractivity contribution in [3.8, 4) is 11.5 Å². The van der Waals surface area contributed by atoms with Crippen molar-refractivity contribution in [2.75, 3.05) is 27.3 Å². The van der Waals surface area contributed by atoms with Gasteiger partial charge in [0.1, 0.15) is 0 Å². The van der Waals surface area contributed by atoms with E-state index in [-0.39, 0.29) is 0 Å². The molecule has 134 valence electrons. The van der Waals surface area contributed by atoms with Gasteiger partial charge in [-0.25, -0.2) is 0 Å². The first-order chi connectivity index (χ1) is 12.1. The summed E-state index contributed by atoms with van der Waals surface area (Å²) >= 11 is 0. The molecule has 0 aliphatic carbocycles. The lowest BCUT2D eigenvalue weighted by Crippen LogP contribution is -2.33. The summed E-state index contributed by atoms with van der Waals surface area (Å²) < 4.78 is 10.5. The number of pyridine rings is 1. The summed E-state index contributed by atoms with van der Waals surface area (Å²) in [5.74, 6) is 1.91. The molecule has 2 rings (SSSR count). The molecule has 0 fully saturated rings. The maximum Gasteiger partial charge on any atom is 0.188 e. The van der Waals surface area contributed by atoms with E-state index in [1.807, 2.05) is 37.4 Å². The van der Waals surface area contributed by atoms with E-state index in [1.165, 1.54) is 5.56 Å². The first kappa shape index (κ1) is 18.6. The SMILES string of the molecule is COc1ccc(CCN=C(N)NCCc2ccc(C)nc2)cc1OC. The Morgan fingerprint density at radius 3 is 2.52 bits per heavy atom. The van der Waals surface area contributed by atoms with Gasteiger partial charge < -0.3 is 20.5 Å². The van der Waals surface area contributed by atoms with Crippen molar-refractivity contribution in [2.45, 2.75) is 19.8 Å². The molecule has 0 radical (unpaired) electrons. The maximum atomic E-state index is 5.91. The zero-order chi connectivity index (χ0) is 18.1. The summed E-state index contributed by atoms with van der Waals surface area (Å²) in [4.78, 5) is 8.64. The predicted molar refractivity (Wildman–Crippen MR) is 100 cm³/mol. The third-order valence-corrected chi connectivity index (χ3v) is 3.82. The number of guanidine groups is 1. The number of nitrogens with one attached hydrogen (secondary N) is 1. The lowest BCUT2D eigenvalue weighted by atomic mass is 10.1. The summed E-state index contributed by atoms with van der Waals surface area (Å²) in [6.45, 7) is 3.32. The Labute approximate surface area is 149 Å². The number of rotatable bonds is 8. The molecule has 1 heterocycles. The number of aryl methyl sites for hydroxylation is 1. The maximum absolute atomic E-state index is 5.91. The van der Waals surface area contributed by atoms with E-state index in [9.17, 15) is 0 Å². The summed E-state index contributed by atoms with van der Waals surface area (Å²) in [5.41, 5.74) is 9.23. The molecular weight excluding hydrogens is 316 g/mol. The lowest BCUT2D eigenvalue weighted by molar-refractivity contribution is 0.354. The first-order valence-electron chi connectivity index (χ1n) is 8.28. The van der Waals surface area contributed by atoms with Crippen LogP contribution < -0.4 is 20.5 Å². The van der Waals surface area contributed by atoms with Crippen LogP contribution in [0.1, 0.15) is 16.8 Å². The van der Waals surface area contributed by atoms with Crippen molar-refractivity contribution in [3.05, 3.63) is 53.3 Å². The smallest absolute Gasteiger partial charge is 0.188 e. The van der Waals surface area contributed by atoms with Gasteiger partial charge >= 0.3 is 0 Å². The van der Waals surface area contributed by atoms with Gasteiger partial charge in [-0.15, -0.1) is 0 Å². The lowest BCUT2D eigenvalue weighted by Gasteiger charge is -2.09. The van der Waals surface area contributed by atoms with Crippen molar-refractivity contribution in [3.63, 3.8) is 0 Å². The highest BCUT2D eigenvalue weighted by Crippen LogP contribution is 2.27. The Bertz CT molecular complexity index is 699. The van der Waals surface area contributed by atoms with E-state index in [0.29, 0.717) is 12.5 Å². The van der Waals surface area contributed by atoms with Crippen LogP contribution in [-0.4, -0.2) is 38.3 Å². The number of nitrogens with two attached hydrogens (primary N) is 1. The van der Waals surface area contributed by atoms with Crippen molar-refractivity contribution in [1.82, 2.24) is 10.3 Å². The zero-order valence-electron chi connectivity index (χ0n) is 15.1. The average molecular weight is 342 g/mol. The van der Waals surface area contributed by atoms with Crippen LogP contribution in [0.3, 0.4) is 0 Å². The predicted octanol–water partition coefficient (Wildman–Crippen LogP) is 2.10. The standard InChI is InChI=1S/C19H26N4O2/c1-14-4-5-16(13-23-14)9-11-22-19(20)21-10-8-15-6-7-17(24-2)18(12-15)25-3/h4-7,12-13H,8-11H2,1-3H3,(H3,20,21,22). The van der Waals surface area contributed by atoms with Gasteiger partial charge in [-0.1, -0.05) is 12.1 Å². The van der Waals surface area contributed by atoms with Gasteiger partial charge in [0, 0.05) is 25.0 Å². The number of hydrogen-bond acceptors (Lipinski definition) is 4. The van der Waals surface area contributed by atoms with E-state index in [0.717, 1.165) is 42.1 Å². The molecule has 0 bridgehead atoms. The molecule has 1 aromatic heterocycles. The van der Waals surface area contributed by atoms with Crippen LogP contribution in [0.15, 0.2) is 41.5 Å². The number of aromatic nitrogens is 1.